The summed E-state index contributed by atoms with van der Waals surface area (Å²) in [6.45, 7) is 0.880. The fourth-order valence-electron chi connectivity index (χ4n) is 2.27. The third-order valence-electron chi connectivity index (χ3n) is 3.56. The molecule has 2 amide bonds. The maximum Gasteiger partial charge on any atom is 0.229 e. The highest BCUT2D eigenvalue weighted by Gasteiger charge is 2.09. The van der Waals surface area contributed by atoms with E-state index in [1.165, 1.54) is 5.56 Å². The summed E-state index contributed by atoms with van der Waals surface area (Å²) in [6.07, 6.45) is 1.58. The van der Waals surface area contributed by atoms with Gasteiger partial charge < -0.3 is 10.6 Å². The van der Waals surface area contributed by atoms with Crippen LogP contribution in [-0.4, -0.2) is 18.4 Å². The van der Waals surface area contributed by atoms with Crippen molar-refractivity contribution in [2.75, 3.05) is 6.54 Å². The normalized spacial score (nSPS) is 10.2. The first-order valence-electron chi connectivity index (χ1n) is 7.96. The van der Waals surface area contributed by atoms with Crippen molar-refractivity contribution in [3.05, 3.63) is 70.7 Å². The Morgan fingerprint density at radius 3 is 2.29 bits per heavy atom. The molecule has 2 aromatic carbocycles. The van der Waals surface area contributed by atoms with Crippen LogP contribution in [0.25, 0.3) is 0 Å². The fourth-order valence-corrected chi connectivity index (χ4v) is 2.47. The van der Waals surface area contributed by atoms with Crippen LogP contribution in [-0.2, 0) is 22.6 Å². The van der Waals surface area contributed by atoms with Crippen molar-refractivity contribution >= 4 is 23.4 Å². The van der Waals surface area contributed by atoms with Gasteiger partial charge in [-0.2, -0.15) is 0 Å². The molecule has 126 valence electrons. The number of hydrogen-bond acceptors (Lipinski definition) is 2. The van der Waals surface area contributed by atoms with Gasteiger partial charge in [0.2, 0.25) is 11.8 Å². The van der Waals surface area contributed by atoms with E-state index >= 15 is 0 Å². The number of halogens is 1. The number of carbonyl (C=O) groups is 2. The van der Waals surface area contributed by atoms with Crippen molar-refractivity contribution < 1.29 is 9.59 Å². The topological polar surface area (TPSA) is 58.2 Å². The predicted molar refractivity (Wildman–Crippen MR) is 95.7 cm³/mol. The average molecular weight is 345 g/mol. The minimum atomic E-state index is -0.310. The second-order valence-corrected chi connectivity index (χ2v) is 5.89. The largest absolute Gasteiger partial charge is 0.356 e. The monoisotopic (exact) mass is 344 g/mol. The van der Waals surface area contributed by atoms with Crippen LogP contribution < -0.4 is 10.6 Å². The summed E-state index contributed by atoms with van der Waals surface area (Å²) >= 11 is 6.02. The van der Waals surface area contributed by atoms with E-state index in [0.29, 0.717) is 18.1 Å². The molecule has 0 aliphatic rings. The summed E-state index contributed by atoms with van der Waals surface area (Å²) in [7, 11) is 0. The number of benzene rings is 2. The molecule has 0 heterocycles. The first-order valence-corrected chi connectivity index (χ1v) is 8.33. The van der Waals surface area contributed by atoms with Crippen LogP contribution in [0.5, 0.6) is 0 Å². The molecule has 2 aromatic rings. The lowest BCUT2D eigenvalue weighted by Crippen LogP contribution is -2.32. The number of amides is 2. The first-order chi connectivity index (χ1) is 11.6. The number of nitrogens with one attached hydrogen (secondary N) is 2. The Hall–Kier alpha value is -2.33. The summed E-state index contributed by atoms with van der Waals surface area (Å²) in [5.74, 6) is -0.574. The highest BCUT2D eigenvalue weighted by atomic mass is 35.5. The summed E-state index contributed by atoms with van der Waals surface area (Å²) < 4.78 is 0. The van der Waals surface area contributed by atoms with Gasteiger partial charge in [0.05, 0.1) is 0 Å². The Kier molecular flexibility index (Phi) is 7.30. The van der Waals surface area contributed by atoms with Crippen LogP contribution in [0.4, 0.5) is 0 Å². The average Bonchev–Trinajstić information content (AvgIpc) is 2.59. The van der Waals surface area contributed by atoms with Gasteiger partial charge in [0, 0.05) is 18.1 Å². The highest BCUT2D eigenvalue weighted by molar-refractivity contribution is 6.31. The predicted octanol–water partition coefficient (Wildman–Crippen LogP) is 3.10. The van der Waals surface area contributed by atoms with Crippen LogP contribution in [0, 0.1) is 0 Å². The Labute approximate surface area is 147 Å². The fraction of sp³-hybridized carbons (Fsp3) is 0.263. The summed E-state index contributed by atoms with van der Waals surface area (Å²) in [6, 6.07) is 17.4. The van der Waals surface area contributed by atoms with Crippen LogP contribution in [0.3, 0.4) is 0 Å². The standard InChI is InChI=1S/C19H21ClN2O2/c20-17-11-5-4-10-16(17)14-22-19(24)13-18(23)21-12-6-9-15-7-2-1-3-8-15/h1-5,7-8,10-11H,6,9,12-14H2,(H,21,23)(H,22,24). The van der Waals surface area contributed by atoms with Gasteiger partial charge in [0.25, 0.3) is 0 Å². The molecule has 0 atom stereocenters. The van der Waals surface area contributed by atoms with Gasteiger partial charge in [-0.05, 0) is 30.0 Å². The molecule has 0 fully saturated rings. The quantitative estimate of drug-likeness (QED) is 0.571. The van der Waals surface area contributed by atoms with Crippen LogP contribution in [0.1, 0.15) is 24.0 Å². The molecule has 0 unspecified atom stereocenters. The van der Waals surface area contributed by atoms with Gasteiger partial charge in [-0.1, -0.05) is 60.1 Å². The maximum atomic E-state index is 11.8. The lowest BCUT2D eigenvalue weighted by molar-refractivity contribution is -0.129. The van der Waals surface area contributed by atoms with Crippen molar-refractivity contribution in [3.63, 3.8) is 0 Å². The van der Waals surface area contributed by atoms with Crippen LogP contribution >= 0.6 is 11.6 Å². The molecule has 0 saturated carbocycles. The van der Waals surface area contributed by atoms with E-state index < -0.39 is 0 Å². The summed E-state index contributed by atoms with van der Waals surface area (Å²) in [4.78, 5) is 23.5. The minimum absolute atomic E-state index is 0.171. The van der Waals surface area contributed by atoms with Gasteiger partial charge in [0.15, 0.2) is 0 Å². The second kappa shape index (κ2) is 9.73. The van der Waals surface area contributed by atoms with Crippen molar-refractivity contribution in [2.24, 2.45) is 0 Å². The molecule has 0 radical (unpaired) electrons. The van der Waals surface area contributed by atoms with Crippen molar-refractivity contribution in [1.29, 1.82) is 0 Å². The molecule has 2 N–H and O–H groups in total. The van der Waals surface area contributed by atoms with E-state index in [1.54, 1.807) is 6.07 Å². The zero-order valence-corrected chi connectivity index (χ0v) is 14.2. The number of rotatable bonds is 8. The lowest BCUT2D eigenvalue weighted by Gasteiger charge is -2.08. The Balaban J connectivity index is 1.61. The molecule has 0 spiro atoms. The van der Waals surface area contributed by atoms with E-state index in [-0.39, 0.29) is 18.2 Å². The van der Waals surface area contributed by atoms with E-state index in [2.05, 4.69) is 22.8 Å². The smallest absolute Gasteiger partial charge is 0.229 e. The maximum absolute atomic E-state index is 11.8. The first kappa shape index (κ1) is 18.0. The van der Waals surface area contributed by atoms with Gasteiger partial charge in [-0.25, -0.2) is 0 Å². The van der Waals surface area contributed by atoms with E-state index in [4.69, 9.17) is 11.6 Å². The van der Waals surface area contributed by atoms with Crippen molar-refractivity contribution in [1.82, 2.24) is 10.6 Å². The highest BCUT2D eigenvalue weighted by Crippen LogP contribution is 2.14. The van der Waals surface area contributed by atoms with E-state index in [0.717, 1.165) is 18.4 Å². The Morgan fingerprint density at radius 2 is 1.54 bits per heavy atom. The molecule has 0 aromatic heterocycles. The molecule has 24 heavy (non-hydrogen) atoms. The van der Waals surface area contributed by atoms with Gasteiger partial charge in [-0.15, -0.1) is 0 Å². The van der Waals surface area contributed by atoms with Crippen molar-refractivity contribution in [2.45, 2.75) is 25.8 Å². The number of aryl methyl sites for hydroxylation is 1. The minimum Gasteiger partial charge on any atom is -0.356 e. The van der Waals surface area contributed by atoms with Gasteiger partial charge in [-0.3, -0.25) is 9.59 Å². The Morgan fingerprint density at radius 1 is 0.875 bits per heavy atom. The van der Waals surface area contributed by atoms with Crippen LogP contribution in [0.2, 0.25) is 5.02 Å². The Bertz CT molecular complexity index is 674. The zero-order chi connectivity index (χ0) is 17.2. The summed E-state index contributed by atoms with van der Waals surface area (Å²) in [5, 5.41) is 6.07. The molecular weight excluding hydrogens is 324 g/mol. The van der Waals surface area contributed by atoms with Crippen molar-refractivity contribution in [3.8, 4) is 0 Å². The second-order valence-electron chi connectivity index (χ2n) is 5.48. The molecule has 5 heteroatoms. The van der Waals surface area contributed by atoms with E-state index in [1.807, 2.05) is 36.4 Å². The molecule has 4 nitrogen and oxygen atoms in total. The van der Waals surface area contributed by atoms with E-state index in [9.17, 15) is 9.59 Å². The zero-order valence-electron chi connectivity index (χ0n) is 13.4. The van der Waals surface area contributed by atoms with Gasteiger partial charge >= 0.3 is 0 Å². The van der Waals surface area contributed by atoms with Crippen LogP contribution in [0.15, 0.2) is 54.6 Å². The molecule has 0 aliphatic heterocycles. The van der Waals surface area contributed by atoms with Gasteiger partial charge in [0.1, 0.15) is 6.42 Å². The third kappa shape index (κ3) is 6.42. The molecule has 0 aliphatic carbocycles. The third-order valence-corrected chi connectivity index (χ3v) is 3.93. The molecular formula is C19H21ClN2O2. The summed E-state index contributed by atoms with van der Waals surface area (Å²) in [5.41, 5.74) is 2.07. The number of carbonyl (C=O) groups excluding carboxylic acids is 2. The SMILES string of the molecule is O=C(CC(=O)NCc1ccccc1Cl)NCCCc1ccccc1. The molecule has 2 rings (SSSR count). The molecule has 0 saturated heterocycles. The molecule has 0 bridgehead atoms. The lowest BCUT2D eigenvalue weighted by atomic mass is 10.1. The number of hydrogen-bond donors (Lipinski definition) is 2.